The second kappa shape index (κ2) is 6.53. The maximum Gasteiger partial charge on any atom is 0.332 e. The van der Waals surface area contributed by atoms with Gasteiger partial charge in [-0.05, 0) is 19.1 Å². The van der Waals surface area contributed by atoms with E-state index < -0.39 is 11.5 Å². The molecule has 0 spiro atoms. The molecule has 0 unspecified atom stereocenters. The zero-order chi connectivity index (χ0) is 16.2. The minimum Gasteiger partial charge on any atom is -0.507 e. The van der Waals surface area contributed by atoms with E-state index in [1.165, 1.54) is 26.2 Å². The van der Waals surface area contributed by atoms with Crippen molar-refractivity contribution < 1.29 is 24.9 Å². The van der Waals surface area contributed by atoms with Gasteiger partial charge in [-0.3, -0.25) is 4.99 Å². The molecule has 114 valence electrons. The first-order valence-corrected chi connectivity index (χ1v) is 6.59. The van der Waals surface area contributed by atoms with Crippen LogP contribution in [-0.4, -0.2) is 45.4 Å². The van der Waals surface area contributed by atoms with Crippen LogP contribution in [0.5, 0.6) is 17.2 Å². The predicted octanol–water partition coefficient (Wildman–Crippen LogP) is 1.85. The number of aromatic hydroxyl groups is 2. The number of hydrogen-bond donors (Lipinski definition) is 4. The van der Waals surface area contributed by atoms with E-state index in [-0.39, 0.29) is 34.3 Å². The third kappa shape index (κ3) is 3.49. The van der Waals surface area contributed by atoms with Crippen molar-refractivity contribution in [3.63, 3.8) is 0 Å². The van der Waals surface area contributed by atoms with Crippen LogP contribution >= 0.6 is 12.6 Å². The van der Waals surface area contributed by atoms with Gasteiger partial charge in [0.1, 0.15) is 5.75 Å². The number of nitrogens with zero attached hydrogens (tertiary/aromatic N) is 1. The molecule has 0 aliphatic carbocycles. The summed E-state index contributed by atoms with van der Waals surface area (Å²) in [6.07, 6.45) is 1.32. The summed E-state index contributed by atoms with van der Waals surface area (Å²) < 4.78 is 4.96. The molecule has 0 heterocycles. The first-order valence-electron chi connectivity index (χ1n) is 5.96. The van der Waals surface area contributed by atoms with Crippen LogP contribution in [0.2, 0.25) is 0 Å². The normalized spacial score (nSPS) is 14.3. The molecule has 21 heavy (non-hydrogen) atoms. The van der Waals surface area contributed by atoms with Crippen LogP contribution in [-0.2, 0) is 4.79 Å². The van der Waals surface area contributed by atoms with E-state index in [1.54, 1.807) is 0 Å². The van der Waals surface area contributed by atoms with Crippen LogP contribution in [0.4, 0.5) is 0 Å². The first kappa shape index (κ1) is 16.9. The fourth-order valence-electron chi connectivity index (χ4n) is 1.56. The van der Waals surface area contributed by atoms with Crippen LogP contribution in [0, 0.1) is 0 Å². The van der Waals surface area contributed by atoms with Gasteiger partial charge in [0.25, 0.3) is 0 Å². The summed E-state index contributed by atoms with van der Waals surface area (Å²) in [5.41, 5.74) is -1.11. The van der Waals surface area contributed by atoms with E-state index in [2.05, 4.69) is 24.2 Å². The number of methoxy groups -OCH3 is 1. The van der Waals surface area contributed by atoms with Crippen molar-refractivity contribution in [1.29, 1.82) is 0 Å². The molecule has 7 heteroatoms. The van der Waals surface area contributed by atoms with E-state index >= 15 is 0 Å². The number of ether oxygens (including phenoxy) is 1. The van der Waals surface area contributed by atoms with Crippen LogP contribution in [0.25, 0.3) is 0 Å². The minimum absolute atomic E-state index is 0.0321. The van der Waals surface area contributed by atoms with Gasteiger partial charge in [-0.25, -0.2) is 4.79 Å². The molecule has 1 rings (SSSR count). The lowest BCUT2D eigenvalue weighted by Gasteiger charge is -2.19. The fraction of sp³-hybridized carbons (Fsp3) is 0.286. The topological polar surface area (TPSA) is 99.4 Å². The van der Waals surface area contributed by atoms with E-state index in [0.717, 1.165) is 6.07 Å². The summed E-state index contributed by atoms with van der Waals surface area (Å²) in [6, 6.07) is 2.44. The number of aliphatic imine (C=N–C) groups is 1. The average molecular weight is 311 g/mol. The number of carboxylic acids is 1. The van der Waals surface area contributed by atoms with Crippen molar-refractivity contribution in [3.05, 3.63) is 30.4 Å². The molecule has 6 nitrogen and oxygen atoms in total. The lowest BCUT2D eigenvalue weighted by Crippen LogP contribution is -2.36. The molecular weight excluding hydrogens is 294 g/mol. The van der Waals surface area contributed by atoms with Gasteiger partial charge in [0.2, 0.25) is 0 Å². The van der Waals surface area contributed by atoms with Crippen LogP contribution < -0.4 is 4.74 Å². The zero-order valence-electron chi connectivity index (χ0n) is 11.7. The molecule has 0 aliphatic heterocycles. The van der Waals surface area contributed by atoms with Crippen LogP contribution in [0.3, 0.4) is 0 Å². The second-order valence-corrected chi connectivity index (χ2v) is 4.80. The Morgan fingerprint density at radius 2 is 2.10 bits per heavy atom. The molecule has 3 N–H and O–H groups in total. The Bertz CT molecular complexity index is 599. The standard InChI is InChI=1S/C14H17NO5S/c1-4-9(15-14(2,7-21)13(18)19)8-5-12(20-3)11(17)6-10(8)16/h4-6,16-17,21H,1,7H2,2-3H3,(H,18,19)/t14-/m1/s1. The zero-order valence-corrected chi connectivity index (χ0v) is 12.6. The number of thiol groups is 1. The highest BCUT2D eigenvalue weighted by molar-refractivity contribution is 7.80. The number of benzene rings is 1. The van der Waals surface area contributed by atoms with Crippen molar-refractivity contribution in [2.75, 3.05) is 12.9 Å². The molecule has 0 amide bonds. The SMILES string of the molecule is C=CC(=N[C@](C)(CS)C(=O)O)c1cc(OC)c(O)cc1O. The Kier molecular flexibility index (Phi) is 5.26. The number of phenols is 2. The molecule has 0 saturated carbocycles. The smallest absolute Gasteiger partial charge is 0.332 e. The monoisotopic (exact) mass is 311 g/mol. The van der Waals surface area contributed by atoms with Gasteiger partial charge in [0.05, 0.1) is 12.8 Å². The van der Waals surface area contributed by atoms with Gasteiger partial charge in [0.15, 0.2) is 17.0 Å². The first-order chi connectivity index (χ1) is 9.78. The molecule has 0 saturated heterocycles. The number of hydrogen-bond acceptors (Lipinski definition) is 6. The molecule has 0 aromatic heterocycles. The third-order valence-electron chi connectivity index (χ3n) is 2.90. The highest BCUT2D eigenvalue weighted by Gasteiger charge is 2.31. The second-order valence-electron chi connectivity index (χ2n) is 4.48. The summed E-state index contributed by atoms with van der Waals surface area (Å²) in [5, 5.41) is 28.7. The molecule has 0 radical (unpaired) electrons. The molecule has 1 aromatic rings. The number of phenolic OH excluding ortho intramolecular Hbond substituents is 2. The molecule has 1 atom stereocenters. The minimum atomic E-state index is -1.47. The molecule has 0 fully saturated rings. The van der Waals surface area contributed by atoms with Gasteiger partial charge in [0, 0.05) is 17.4 Å². The number of carboxylic acid groups (broad SMARTS) is 1. The van der Waals surface area contributed by atoms with Gasteiger partial charge in [-0.2, -0.15) is 12.6 Å². The fourth-order valence-corrected chi connectivity index (χ4v) is 1.76. The van der Waals surface area contributed by atoms with Crippen LogP contribution in [0.15, 0.2) is 29.8 Å². The Hall–Kier alpha value is -2.15. The van der Waals surface area contributed by atoms with Gasteiger partial charge in [-0.15, -0.1) is 0 Å². The summed E-state index contributed by atoms with van der Waals surface area (Å²) in [7, 11) is 1.36. The maximum atomic E-state index is 11.3. The van der Waals surface area contributed by atoms with Crippen molar-refractivity contribution in [3.8, 4) is 17.2 Å². The summed E-state index contributed by atoms with van der Waals surface area (Å²) in [5.74, 6) is -1.56. The molecule has 0 aliphatic rings. The lowest BCUT2D eigenvalue weighted by atomic mass is 10.0. The highest BCUT2D eigenvalue weighted by atomic mass is 32.1. The van der Waals surface area contributed by atoms with Crippen molar-refractivity contribution in [1.82, 2.24) is 0 Å². The largest absolute Gasteiger partial charge is 0.507 e. The molecular formula is C14H17NO5S. The molecule has 0 bridgehead atoms. The van der Waals surface area contributed by atoms with E-state index in [9.17, 15) is 20.1 Å². The maximum absolute atomic E-state index is 11.3. The van der Waals surface area contributed by atoms with E-state index in [0.29, 0.717) is 0 Å². The Labute approximate surface area is 127 Å². The Morgan fingerprint density at radius 1 is 1.48 bits per heavy atom. The summed E-state index contributed by atoms with van der Waals surface area (Å²) in [4.78, 5) is 15.4. The van der Waals surface area contributed by atoms with Crippen LogP contribution in [0.1, 0.15) is 12.5 Å². The Morgan fingerprint density at radius 3 is 2.52 bits per heavy atom. The van der Waals surface area contributed by atoms with Gasteiger partial charge >= 0.3 is 5.97 Å². The number of allylic oxidation sites excluding steroid dienone is 1. The molecule has 1 aromatic carbocycles. The number of carbonyl (C=O) groups is 1. The van der Waals surface area contributed by atoms with Crippen molar-refractivity contribution in [2.24, 2.45) is 4.99 Å². The summed E-state index contributed by atoms with van der Waals surface area (Å²) >= 11 is 4.00. The predicted molar refractivity (Wildman–Crippen MR) is 83.0 cm³/mol. The summed E-state index contributed by atoms with van der Waals surface area (Å²) in [6.45, 7) is 4.97. The quantitative estimate of drug-likeness (QED) is 0.475. The lowest BCUT2D eigenvalue weighted by molar-refractivity contribution is -0.141. The van der Waals surface area contributed by atoms with Crippen molar-refractivity contribution in [2.45, 2.75) is 12.5 Å². The van der Waals surface area contributed by atoms with E-state index in [1.807, 2.05) is 0 Å². The Balaban J connectivity index is 3.47. The number of rotatable bonds is 6. The third-order valence-corrected chi connectivity index (χ3v) is 3.52. The van der Waals surface area contributed by atoms with Crippen molar-refractivity contribution >= 4 is 24.3 Å². The average Bonchev–Trinajstić information content (AvgIpc) is 2.45. The highest BCUT2D eigenvalue weighted by Crippen LogP contribution is 2.34. The van der Waals surface area contributed by atoms with Gasteiger partial charge in [-0.1, -0.05) is 6.58 Å². The number of aliphatic carboxylic acids is 1. The van der Waals surface area contributed by atoms with E-state index in [4.69, 9.17) is 4.74 Å². The van der Waals surface area contributed by atoms with Gasteiger partial charge < -0.3 is 20.1 Å².